The molecule has 0 saturated carbocycles. The summed E-state index contributed by atoms with van der Waals surface area (Å²) >= 11 is 3.48. The van der Waals surface area contributed by atoms with Crippen molar-refractivity contribution in [3.8, 4) is 28.4 Å². The predicted octanol–water partition coefficient (Wildman–Crippen LogP) is 3.82. The van der Waals surface area contributed by atoms with Gasteiger partial charge in [0, 0.05) is 15.6 Å². The second kappa shape index (κ2) is 8.39. The van der Waals surface area contributed by atoms with Crippen LogP contribution in [0.25, 0.3) is 28.2 Å². The van der Waals surface area contributed by atoms with E-state index in [-0.39, 0.29) is 18.0 Å². The number of rotatable bonds is 6. The van der Waals surface area contributed by atoms with E-state index in [1.165, 1.54) is 15.5 Å². The van der Waals surface area contributed by atoms with Crippen LogP contribution in [0.1, 0.15) is 12.8 Å². The normalized spacial score (nSPS) is 11.2. The Labute approximate surface area is 190 Å². The molecule has 0 fully saturated rings. The summed E-state index contributed by atoms with van der Waals surface area (Å²) in [5.41, 5.74) is 2.43. The van der Waals surface area contributed by atoms with Gasteiger partial charge in [0.1, 0.15) is 24.1 Å². The van der Waals surface area contributed by atoms with E-state index in [1.807, 2.05) is 55.5 Å². The molecule has 2 aromatic carbocycles. The second-order valence-electron chi connectivity index (χ2n) is 6.90. The molecule has 3 aromatic heterocycles. The van der Waals surface area contributed by atoms with Crippen LogP contribution in [-0.2, 0) is 6.54 Å². The van der Waals surface area contributed by atoms with Crippen LogP contribution in [0.2, 0.25) is 0 Å². The number of fused-ring (bicyclic) bond motifs is 1. The minimum Gasteiger partial charge on any atom is -0.494 e. The molecule has 5 aromatic rings. The van der Waals surface area contributed by atoms with Gasteiger partial charge in [-0.15, -0.1) is 0 Å². The second-order valence-corrected chi connectivity index (χ2v) is 7.76. The lowest BCUT2D eigenvalue weighted by Crippen LogP contribution is -2.25. The molecule has 32 heavy (non-hydrogen) atoms. The van der Waals surface area contributed by atoms with E-state index in [9.17, 15) is 4.79 Å². The third-order valence-corrected chi connectivity index (χ3v) is 5.51. The van der Waals surface area contributed by atoms with Crippen molar-refractivity contribution in [2.24, 2.45) is 0 Å². The molecular formula is C22H17BrN6O3. The fourth-order valence-corrected chi connectivity index (χ4v) is 3.74. The molecular weight excluding hydrogens is 476 g/mol. The highest BCUT2D eigenvalue weighted by molar-refractivity contribution is 9.10. The Hall–Kier alpha value is -3.79. The first-order valence-corrected chi connectivity index (χ1v) is 10.7. The maximum atomic E-state index is 13.0. The largest absolute Gasteiger partial charge is 0.494 e. The van der Waals surface area contributed by atoms with E-state index in [2.05, 4.69) is 36.3 Å². The van der Waals surface area contributed by atoms with Gasteiger partial charge in [0.05, 0.1) is 12.3 Å². The van der Waals surface area contributed by atoms with Gasteiger partial charge in [0.15, 0.2) is 0 Å². The summed E-state index contributed by atoms with van der Waals surface area (Å²) in [5.74, 6) is 1.50. The summed E-state index contributed by atoms with van der Waals surface area (Å²) in [7, 11) is 0. The van der Waals surface area contributed by atoms with E-state index < -0.39 is 0 Å². The fourth-order valence-electron chi connectivity index (χ4n) is 3.28. The Balaban J connectivity index is 1.43. The van der Waals surface area contributed by atoms with Gasteiger partial charge in [0.2, 0.25) is 11.7 Å². The molecule has 0 aliphatic carbocycles. The van der Waals surface area contributed by atoms with Gasteiger partial charge >= 0.3 is 0 Å². The van der Waals surface area contributed by atoms with Crippen LogP contribution < -0.4 is 10.3 Å². The maximum Gasteiger partial charge on any atom is 0.293 e. The molecule has 0 saturated heterocycles. The van der Waals surface area contributed by atoms with Gasteiger partial charge < -0.3 is 9.26 Å². The van der Waals surface area contributed by atoms with Crippen molar-refractivity contribution in [3.63, 3.8) is 0 Å². The standard InChI is InChI=1S/C22H17BrN6O3/c1-2-31-15-9-7-14(8-10-15)18-11-19-22(30)28(24-13-29(19)26-18)12-20-25-21(27-32-20)16-5-3-4-6-17(16)23/h3-11,13H,2,12H2,1H3. The van der Waals surface area contributed by atoms with Gasteiger partial charge in [-0.3, -0.25) is 4.79 Å². The Morgan fingerprint density at radius 1 is 1.12 bits per heavy atom. The molecule has 0 bridgehead atoms. The Morgan fingerprint density at radius 3 is 2.72 bits per heavy atom. The van der Waals surface area contributed by atoms with E-state index in [4.69, 9.17) is 9.26 Å². The zero-order valence-corrected chi connectivity index (χ0v) is 18.6. The summed E-state index contributed by atoms with van der Waals surface area (Å²) in [5, 5.41) is 12.7. The summed E-state index contributed by atoms with van der Waals surface area (Å²) < 4.78 is 14.4. The number of aromatic nitrogens is 6. The van der Waals surface area contributed by atoms with E-state index in [1.54, 1.807) is 6.07 Å². The van der Waals surface area contributed by atoms with E-state index >= 15 is 0 Å². The number of hydrogen-bond acceptors (Lipinski definition) is 7. The van der Waals surface area contributed by atoms with Crippen LogP contribution in [0.15, 0.2) is 74.7 Å². The van der Waals surface area contributed by atoms with Gasteiger partial charge in [-0.1, -0.05) is 33.2 Å². The summed E-state index contributed by atoms with van der Waals surface area (Å²) in [6.07, 6.45) is 1.49. The molecule has 3 heterocycles. The summed E-state index contributed by atoms with van der Waals surface area (Å²) in [4.78, 5) is 17.4. The molecule has 9 nitrogen and oxygen atoms in total. The van der Waals surface area contributed by atoms with Crippen LogP contribution in [-0.4, -0.2) is 36.1 Å². The Kier molecular flexibility index (Phi) is 5.28. The zero-order valence-electron chi connectivity index (χ0n) is 17.0. The highest BCUT2D eigenvalue weighted by Gasteiger charge is 2.15. The summed E-state index contributed by atoms with van der Waals surface area (Å²) in [6, 6.07) is 16.8. The third kappa shape index (κ3) is 3.80. The molecule has 0 unspecified atom stereocenters. The van der Waals surface area contributed by atoms with Crippen LogP contribution >= 0.6 is 15.9 Å². The number of nitrogens with zero attached hydrogens (tertiary/aromatic N) is 6. The zero-order chi connectivity index (χ0) is 22.1. The first-order chi connectivity index (χ1) is 15.6. The molecule has 0 N–H and O–H groups in total. The first kappa shape index (κ1) is 20.1. The highest BCUT2D eigenvalue weighted by Crippen LogP contribution is 2.25. The van der Waals surface area contributed by atoms with Crippen molar-refractivity contribution in [1.82, 2.24) is 29.5 Å². The van der Waals surface area contributed by atoms with Crippen molar-refractivity contribution in [2.45, 2.75) is 13.5 Å². The molecule has 0 atom stereocenters. The fraction of sp³-hybridized carbons (Fsp3) is 0.136. The highest BCUT2D eigenvalue weighted by atomic mass is 79.9. The number of halogens is 1. The molecule has 5 rings (SSSR count). The van der Waals surface area contributed by atoms with Gasteiger partial charge in [-0.2, -0.15) is 15.2 Å². The molecule has 0 aliphatic rings. The maximum absolute atomic E-state index is 13.0. The topological polar surface area (TPSA) is 100 Å². The predicted molar refractivity (Wildman–Crippen MR) is 120 cm³/mol. The Morgan fingerprint density at radius 2 is 1.94 bits per heavy atom. The van der Waals surface area contributed by atoms with Crippen LogP contribution in [0, 0.1) is 0 Å². The SMILES string of the molecule is CCOc1ccc(-c2cc3c(=O)n(Cc4nc(-c5ccccc5Br)no4)ncn3n2)cc1. The van der Waals surface area contributed by atoms with Crippen molar-refractivity contribution in [1.29, 1.82) is 0 Å². The molecule has 160 valence electrons. The van der Waals surface area contributed by atoms with Crippen LogP contribution in [0.5, 0.6) is 5.75 Å². The van der Waals surface area contributed by atoms with Crippen molar-refractivity contribution >= 4 is 21.4 Å². The molecule has 0 amide bonds. The minimum atomic E-state index is -0.308. The van der Waals surface area contributed by atoms with Gasteiger partial charge in [-0.05, 0) is 49.4 Å². The van der Waals surface area contributed by atoms with Gasteiger partial charge in [-0.25, -0.2) is 9.20 Å². The monoisotopic (exact) mass is 492 g/mol. The molecule has 0 radical (unpaired) electrons. The van der Waals surface area contributed by atoms with E-state index in [0.717, 1.165) is 21.3 Å². The smallest absolute Gasteiger partial charge is 0.293 e. The number of benzene rings is 2. The van der Waals surface area contributed by atoms with Crippen LogP contribution in [0.4, 0.5) is 0 Å². The van der Waals surface area contributed by atoms with Gasteiger partial charge in [0.25, 0.3) is 5.56 Å². The Bertz CT molecular complexity index is 1450. The van der Waals surface area contributed by atoms with Crippen LogP contribution in [0.3, 0.4) is 0 Å². The van der Waals surface area contributed by atoms with E-state index in [0.29, 0.717) is 23.6 Å². The first-order valence-electron chi connectivity index (χ1n) is 9.88. The lowest BCUT2D eigenvalue weighted by Gasteiger charge is -2.02. The lowest BCUT2D eigenvalue weighted by molar-refractivity contribution is 0.340. The van der Waals surface area contributed by atoms with Crippen molar-refractivity contribution in [2.75, 3.05) is 6.61 Å². The van der Waals surface area contributed by atoms with Crippen molar-refractivity contribution in [3.05, 3.63) is 81.6 Å². The average molecular weight is 493 g/mol. The third-order valence-electron chi connectivity index (χ3n) is 4.82. The molecule has 0 aliphatic heterocycles. The molecule has 0 spiro atoms. The quantitative estimate of drug-likeness (QED) is 0.355. The average Bonchev–Trinajstić information content (AvgIpc) is 3.45. The minimum absolute atomic E-state index is 0.0519. The molecule has 10 heteroatoms. The van der Waals surface area contributed by atoms with Crippen molar-refractivity contribution < 1.29 is 9.26 Å². The number of hydrogen-bond donors (Lipinski definition) is 0. The number of ether oxygens (including phenoxy) is 1. The lowest BCUT2D eigenvalue weighted by atomic mass is 10.1. The summed E-state index contributed by atoms with van der Waals surface area (Å²) in [6.45, 7) is 2.59.